The quantitative estimate of drug-likeness (QED) is 0.868. The lowest BCUT2D eigenvalue weighted by molar-refractivity contribution is 0.0827. The minimum Gasteiger partial charge on any atom is -0.399 e. The first-order valence-electron chi connectivity index (χ1n) is 7.04. The fraction of sp³-hybridized carbons (Fsp3) is 0.400. The van der Waals surface area contributed by atoms with Gasteiger partial charge >= 0.3 is 0 Å². The molecule has 0 bridgehead atoms. The summed E-state index contributed by atoms with van der Waals surface area (Å²) in [5.74, 6) is 1.50. The first-order chi connectivity index (χ1) is 9.97. The summed E-state index contributed by atoms with van der Waals surface area (Å²) in [5.41, 5.74) is 7.72. The number of aromatic nitrogens is 3. The molecule has 0 saturated carbocycles. The maximum Gasteiger partial charge on any atom is 0.255 e. The lowest BCUT2D eigenvalue weighted by atomic mass is 10.1. The van der Waals surface area contributed by atoms with Crippen LogP contribution in [0.4, 0.5) is 5.69 Å². The monoisotopic (exact) mass is 287 g/mol. The number of amides is 1. The van der Waals surface area contributed by atoms with Crippen LogP contribution in [-0.2, 0) is 12.8 Å². The Balaban J connectivity index is 2.64. The van der Waals surface area contributed by atoms with Crippen LogP contribution in [0.3, 0.4) is 0 Å². The number of nitrogen functional groups attached to an aromatic ring is 1. The molecule has 1 heterocycles. The smallest absolute Gasteiger partial charge is 0.255 e. The van der Waals surface area contributed by atoms with Gasteiger partial charge in [0.25, 0.3) is 5.91 Å². The van der Waals surface area contributed by atoms with E-state index in [2.05, 4.69) is 10.1 Å². The van der Waals surface area contributed by atoms with Crippen molar-refractivity contribution in [2.75, 3.05) is 19.8 Å². The lowest BCUT2D eigenvalue weighted by Gasteiger charge is -2.15. The minimum absolute atomic E-state index is 0.0828. The molecule has 2 N–H and O–H groups in total. The van der Waals surface area contributed by atoms with E-state index in [0.29, 0.717) is 16.9 Å². The van der Waals surface area contributed by atoms with Gasteiger partial charge in [0, 0.05) is 32.6 Å². The SMILES string of the molecule is CCc1nc(CC)n(-c2cc(N)ccc2C(=O)N(C)C)n1. The second-order valence-electron chi connectivity index (χ2n) is 5.04. The molecule has 6 nitrogen and oxygen atoms in total. The molecule has 6 heteroatoms. The predicted molar refractivity (Wildman–Crippen MR) is 82.5 cm³/mol. The van der Waals surface area contributed by atoms with E-state index in [4.69, 9.17) is 5.73 Å². The number of anilines is 1. The highest BCUT2D eigenvalue weighted by atomic mass is 16.2. The highest BCUT2D eigenvalue weighted by Gasteiger charge is 2.18. The summed E-state index contributed by atoms with van der Waals surface area (Å²) in [4.78, 5) is 18.4. The number of carbonyl (C=O) groups excluding carboxylic acids is 1. The third-order valence-corrected chi connectivity index (χ3v) is 3.24. The second kappa shape index (κ2) is 5.95. The van der Waals surface area contributed by atoms with Gasteiger partial charge in [0.2, 0.25) is 0 Å². The van der Waals surface area contributed by atoms with Crippen LogP contribution < -0.4 is 5.73 Å². The van der Waals surface area contributed by atoms with Crippen LogP contribution >= 0.6 is 0 Å². The molecule has 2 rings (SSSR count). The van der Waals surface area contributed by atoms with E-state index in [1.54, 1.807) is 37.0 Å². The average molecular weight is 287 g/mol. The molecule has 0 aliphatic heterocycles. The molecule has 1 aromatic heterocycles. The molecule has 0 aliphatic carbocycles. The van der Waals surface area contributed by atoms with Crippen molar-refractivity contribution < 1.29 is 4.79 Å². The summed E-state index contributed by atoms with van der Waals surface area (Å²) in [6.45, 7) is 4.02. The number of benzene rings is 1. The summed E-state index contributed by atoms with van der Waals surface area (Å²) in [5, 5.41) is 4.49. The highest BCUT2D eigenvalue weighted by molar-refractivity contribution is 5.98. The molecule has 1 amide bonds. The Morgan fingerprint density at radius 1 is 1.29 bits per heavy atom. The molecule has 0 radical (unpaired) electrons. The summed E-state index contributed by atoms with van der Waals surface area (Å²) < 4.78 is 1.73. The molecule has 21 heavy (non-hydrogen) atoms. The van der Waals surface area contributed by atoms with Crippen LogP contribution in [-0.4, -0.2) is 39.7 Å². The van der Waals surface area contributed by atoms with Crippen LogP contribution in [0.1, 0.15) is 35.9 Å². The van der Waals surface area contributed by atoms with Crippen LogP contribution in [0.15, 0.2) is 18.2 Å². The Hall–Kier alpha value is -2.37. The fourth-order valence-electron chi connectivity index (χ4n) is 2.11. The van der Waals surface area contributed by atoms with E-state index in [1.165, 1.54) is 4.90 Å². The molecule has 0 aliphatic rings. The van der Waals surface area contributed by atoms with E-state index in [-0.39, 0.29) is 5.91 Å². The van der Waals surface area contributed by atoms with Gasteiger partial charge in [-0.2, -0.15) is 5.10 Å². The number of carbonyl (C=O) groups is 1. The zero-order valence-electron chi connectivity index (χ0n) is 12.9. The standard InChI is InChI=1S/C15H21N5O/c1-5-13-17-14(6-2)20(18-13)12-9-10(16)7-8-11(12)15(21)19(3)4/h7-9H,5-6,16H2,1-4H3. The van der Waals surface area contributed by atoms with Crippen molar-refractivity contribution in [2.45, 2.75) is 26.7 Å². The van der Waals surface area contributed by atoms with Crippen molar-refractivity contribution in [2.24, 2.45) is 0 Å². The van der Waals surface area contributed by atoms with Crippen molar-refractivity contribution in [3.8, 4) is 5.69 Å². The topological polar surface area (TPSA) is 77.0 Å². The number of nitrogens with zero attached hydrogens (tertiary/aromatic N) is 4. The van der Waals surface area contributed by atoms with Crippen LogP contribution in [0.5, 0.6) is 0 Å². The molecule has 0 saturated heterocycles. The van der Waals surface area contributed by atoms with Gasteiger partial charge < -0.3 is 10.6 Å². The normalized spacial score (nSPS) is 10.7. The number of aryl methyl sites for hydroxylation is 2. The molecule has 0 fully saturated rings. The highest BCUT2D eigenvalue weighted by Crippen LogP contribution is 2.21. The summed E-state index contributed by atoms with van der Waals surface area (Å²) in [6, 6.07) is 5.23. The van der Waals surface area contributed by atoms with Crippen molar-refractivity contribution in [1.29, 1.82) is 0 Å². The third-order valence-electron chi connectivity index (χ3n) is 3.24. The molecule has 0 atom stereocenters. The van der Waals surface area contributed by atoms with Gasteiger partial charge in [-0.1, -0.05) is 13.8 Å². The molecule has 1 aromatic carbocycles. The number of hydrogen-bond donors (Lipinski definition) is 1. The predicted octanol–water partition coefficient (Wildman–Crippen LogP) is 1.68. The molecule has 0 unspecified atom stereocenters. The Bertz CT molecular complexity index is 660. The third kappa shape index (κ3) is 2.89. The van der Waals surface area contributed by atoms with E-state index < -0.39 is 0 Å². The van der Waals surface area contributed by atoms with Gasteiger partial charge in [-0.15, -0.1) is 0 Å². The van der Waals surface area contributed by atoms with Gasteiger partial charge in [-0.25, -0.2) is 9.67 Å². The summed E-state index contributed by atoms with van der Waals surface area (Å²) >= 11 is 0. The van der Waals surface area contributed by atoms with Crippen molar-refractivity contribution >= 4 is 11.6 Å². The van der Waals surface area contributed by atoms with Gasteiger partial charge in [0.05, 0.1) is 11.3 Å². The zero-order chi connectivity index (χ0) is 15.6. The molecule has 0 spiro atoms. The average Bonchev–Trinajstić information content (AvgIpc) is 2.89. The van der Waals surface area contributed by atoms with E-state index in [9.17, 15) is 4.79 Å². The van der Waals surface area contributed by atoms with Gasteiger partial charge in [0.15, 0.2) is 5.82 Å². The van der Waals surface area contributed by atoms with Crippen LogP contribution in [0.25, 0.3) is 5.69 Å². The fourth-order valence-corrected chi connectivity index (χ4v) is 2.11. The van der Waals surface area contributed by atoms with Crippen molar-refractivity contribution in [3.63, 3.8) is 0 Å². The summed E-state index contributed by atoms with van der Waals surface area (Å²) in [7, 11) is 3.45. The van der Waals surface area contributed by atoms with Crippen LogP contribution in [0.2, 0.25) is 0 Å². The van der Waals surface area contributed by atoms with Gasteiger partial charge in [-0.05, 0) is 18.2 Å². The van der Waals surface area contributed by atoms with Crippen molar-refractivity contribution in [1.82, 2.24) is 19.7 Å². The lowest BCUT2D eigenvalue weighted by Crippen LogP contribution is -2.24. The molecule has 2 aromatic rings. The number of hydrogen-bond acceptors (Lipinski definition) is 4. The number of nitrogens with two attached hydrogens (primary N) is 1. The molecular formula is C15H21N5O. The Morgan fingerprint density at radius 3 is 2.57 bits per heavy atom. The first kappa shape index (κ1) is 15.0. The van der Waals surface area contributed by atoms with Gasteiger partial charge in [-0.3, -0.25) is 4.79 Å². The Morgan fingerprint density at radius 2 is 2.00 bits per heavy atom. The zero-order valence-corrected chi connectivity index (χ0v) is 12.9. The van der Waals surface area contributed by atoms with E-state index in [0.717, 1.165) is 24.5 Å². The number of rotatable bonds is 4. The maximum absolute atomic E-state index is 12.3. The van der Waals surface area contributed by atoms with E-state index in [1.807, 2.05) is 13.8 Å². The van der Waals surface area contributed by atoms with Gasteiger partial charge in [0.1, 0.15) is 5.82 Å². The maximum atomic E-state index is 12.3. The Kier molecular flexibility index (Phi) is 4.26. The Labute approximate surface area is 124 Å². The summed E-state index contributed by atoms with van der Waals surface area (Å²) in [6.07, 6.45) is 1.48. The van der Waals surface area contributed by atoms with Crippen molar-refractivity contribution in [3.05, 3.63) is 35.4 Å². The van der Waals surface area contributed by atoms with Crippen LogP contribution in [0, 0.1) is 0 Å². The molecular weight excluding hydrogens is 266 g/mol. The first-order valence-corrected chi connectivity index (χ1v) is 7.04. The molecule has 112 valence electrons. The second-order valence-corrected chi connectivity index (χ2v) is 5.04. The largest absolute Gasteiger partial charge is 0.399 e. The van der Waals surface area contributed by atoms with E-state index >= 15 is 0 Å². The minimum atomic E-state index is -0.0828.